The van der Waals surface area contributed by atoms with Gasteiger partial charge in [0.1, 0.15) is 5.82 Å². The number of aryl methyl sites for hydroxylation is 3. The molecule has 1 unspecified atom stereocenters. The minimum absolute atomic E-state index is 0.00418. The molecule has 0 aliphatic heterocycles. The summed E-state index contributed by atoms with van der Waals surface area (Å²) in [5, 5.41) is 8.56. The van der Waals surface area contributed by atoms with E-state index in [-0.39, 0.29) is 24.7 Å². The summed E-state index contributed by atoms with van der Waals surface area (Å²) in [5.41, 5.74) is 4.49. The minimum atomic E-state index is -0.501. The zero-order valence-electron chi connectivity index (χ0n) is 23.1. The van der Waals surface area contributed by atoms with Crippen molar-refractivity contribution >= 4 is 17.2 Å². The fraction of sp³-hybridized carbons (Fsp3) is 0.387. The molecule has 4 aromatic rings. The standard InChI is InChI=1S/C31H35FN6O2/c1-5-23(8-6-11-28-34-30(36-40-28)24-13-14-24)18-37(29(39)15-12-21(3)32)27-10-7-9-25(17-27)26-16-20(2)31-33-22(4)35-38(31)19-26/h5,7,9-10,16-17,19,23-24H,1,3,6,8,11-15,18H2,2,4H3. The Kier molecular flexibility index (Phi) is 8.19. The van der Waals surface area contributed by atoms with Gasteiger partial charge in [0, 0.05) is 49.2 Å². The van der Waals surface area contributed by atoms with E-state index in [1.54, 1.807) is 9.42 Å². The highest BCUT2D eigenvalue weighted by atomic mass is 19.1. The number of fused-ring (bicyclic) bond motifs is 1. The lowest BCUT2D eigenvalue weighted by Crippen LogP contribution is -2.35. The van der Waals surface area contributed by atoms with Crippen molar-refractivity contribution in [3.63, 3.8) is 0 Å². The SMILES string of the molecule is C=CC(CCCc1nc(C2CC2)no1)CN(C(=O)CCC(=C)F)c1cccc(-c2cc(C)c3nc(C)nn3c2)c1. The summed E-state index contributed by atoms with van der Waals surface area (Å²) in [6.07, 6.45) is 8.42. The van der Waals surface area contributed by atoms with Crippen molar-refractivity contribution in [1.82, 2.24) is 24.7 Å². The van der Waals surface area contributed by atoms with Gasteiger partial charge in [-0.2, -0.15) is 10.1 Å². The first-order valence-corrected chi connectivity index (χ1v) is 13.8. The number of aromatic nitrogens is 5. The number of amides is 1. The lowest BCUT2D eigenvalue weighted by atomic mass is 9.99. The Morgan fingerprint density at radius 2 is 2.05 bits per heavy atom. The molecule has 5 rings (SSSR count). The molecule has 8 nitrogen and oxygen atoms in total. The number of pyridine rings is 1. The molecular weight excluding hydrogens is 507 g/mol. The third-order valence-corrected chi connectivity index (χ3v) is 7.27. The van der Waals surface area contributed by atoms with Crippen LogP contribution in [0.5, 0.6) is 0 Å². The number of nitrogens with zero attached hydrogens (tertiary/aromatic N) is 6. The van der Waals surface area contributed by atoms with Crippen molar-refractivity contribution < 1.29 is 13.7 Å². The van der Waals surface area contributed by atoms with Gasteiger partial charge in [0.25, 0.3) is 0 Å². The van der Waals surface area contributed by atoms with E-state index in [4.69, 9.17) is 4.52 Å². The highest BCUT2D eigenvalue weighted by Gasteiger charge is 2.28. The molecule has 1 amide bonds. The van der Waals surface area contributed by atoms with Crippen LogP contribution in [-0.4, -0.2) is 37.2 Å². The first-order valence-electron chi connectivity index (χ1n) is 13.8. The molecule has 1 aliphatic rings. The van der Waals surface area contributed by atoms with Crippen LogP contribution in [0.1, 0.15) is 67.5 Å². The Hall–Kier alpha value is -4.14. The fourth-order valence-corrected chi connectivity index (χ4v) is 4.91. The molecule has 0 bridgehead atoms. The lowest BCUT2D eigenvalue weighted by molar-refractivity contribution is -0.118. The maximum atomic E-state index is 13.5. The van der Waals surface area contributed by atoms with Gasteiger partial charge >= 0.3 is 0 Å². The van der Waals surface area contributed by atoms with E-state index in [1.165, 1.54) is 0 Å². The first kappa shape index (κ1) is 27.4. The van der Waals surface area contributed by atoms with Crippen molar-refractivity contribution in [2.45, 2.75) is 64.7 Å². The van der Waals surface area contributed by atoms with E-state index in [9.17, 15) is 9.18 Å². The second kappa shape index (κ2) is 11.9. The molecule has 1 fully saturated rings. The van der Waals surface area contributed by atoms with Crippen LogP contribution in [0.15, 0.2) is 66.1 Å². The summed E-state index contributed by atoms with van der Waals surface area (Å²) in [6.45, 7) is 11.7. The van der Waals surface area contributed by atoms with E-state index in [0.29, 0.717) is 30.6 Å². The number of anilines is 1. The van der Waals surface area contributed by atoms with Crippen LogP contribution in [0.25, 0.3) is 16.8 Å². The van der Waals surface area contributed by atoms with E-state index in [1.807, 2.05) is 50.4 Å². The quantitative estimate of drug-likeness (QED) is 0.175. The van der Waals surface area contributed by atoms with Gasteiger partial charge in [-0.05, 0) is 74.8 Å². The normalized spacial score (nSPS) is 13.9. The Morgan fingerprint density at radius 1 is 1.23 bits per heavy atom. The summed E-state index contributed by atoms with van der Waals surface area (Å²) in [6, 6.07) is 9.91. The maximum absolute atomic E-state index is 13.5. The lowest BCUT2D eigenvalue weighted by Gasteiger charge is -2.27. The topological polar surface area (TPSA) is 89.4 Å². The maximum Gasteiger partial charge on any atom is 0.227 e. The highest BCUT2D eigenvalue weighted by Crippen LogP contribution is 2.38. The monoisotopic (exact) mass is 542 g/mol. The zero-order chi connectivity index (χ0) is 28.2. The number of benzene rings is 1. The average Bonchev–Trinajstić information content (AvgIpc) is 3.56. The van der Waals surface area contributed by atoms with Crippen molar-refractivity contribution in [3.8, 4) is 11.1 Å². The molecule has 1 atom stereocenters. The van der Waals surface area contributed by atoms with E-state index in [0.717, 1.165) is 59.5 Å². The molecule has 3 heterocycles. The summed E-state index contributed by atoms with van der Waals surface area (Å²) < 4.78 is 20.7. The molecular formula is C31H35FN6O2. The van der Waals surface area contributed by atoms with Crippen LogP contribution in [-0.2, 0) is 11.2 Å². The molecule has 1 aliphatic carbocycles. The van der Waals surface area contributed by atoms with Crippen LogP contribution in [0, 0.1) is 19.8 Å². The molecule has 1 aromatic carbocycles. The number of hydrogen-bond acceptors (Lipinski definition) is 6. The summed E-state index contributed by atoms with van der Waals surface area (Å²) in [7, 11) is 0. The van der Waals surface area contributed by atoms with Gasteiger partial charge in [-0.3, -0.25) is 4.79 Å². The van der Waals surface area contributed by atoms with E-state index in [2.05, 4.69) is 39.4 Å². The largest absolute Gasteiger partial charge is 0.339 e. The molecule has 208 valence electrons. The summed E-state index contributed by atoms with van der Waals surface area (Å²) in [5.74, 6) is 2.00. The molecule has 0 saturated heterocycles. The number of carbonyl (C=O) groups is 1. The summed E-state index contributed by atoms with van der Waals surface area (Å²) >= 11 is 0. The average molecular weight is 543 g/mol. The molecule has 1 saturated carbocycles. The van der Waals surface area contributed by atoms with Gasteiger partial charge in [0.05, 0.1) is 5.83 Å². The molecule has 40 heavy (non-hydrogen) atoms. The Bertz CT molecular complexity index is 1540. The molecule has 9 heteroatoms. The predicted molar refractivity (Wildman–Crippen MR) is 153 cm³/mol. The van der Waals surface area contributed by atoms with Gasteiger partial charge in [0.2, 0.25) is 11.8 Å². The second-order valence-electron chi connectivity index (χ2n) is 10.6. The van der Waals surface area contributed by atoms with Crippen LogP contribution < -0.4 is 4.90 Å². The molecule has 0 spiro atoms. The van der Waals surface area contributed by atoms with Crippen molar-refractivity contribution in [3.05, 3.63) is 84.7 Å². The molecule has 3 aromatic heterocycles. The van der Waals surface area contributed by atoms with Gasteiger partial charge in [-0.15, -0.1) is 6.58 Å². The van der Waals surface area contributed by atoms with Crippen molar-refractivity contribution in [1.29, 1.82) is 0 Å². The number of halogens is 1. The van der Waals surface area contributed by atoms with Crippen molar-refractivity contribution in [2.24, 2.45) is 5.92 Å². The van der Waals surface area contributed by atoms with E-state index >= 15 is 0 Å². The highest BCUT2D eigenvalue weighted by molar-refractivity contribution is 5.94. The predicted octanol–water partition coefficient (Wildman–Crippen LogP) is 6.70. The Labute approximate surface area is 233 Å². The van der Waals surface area contributed by atoms with Crippen LogP contribution in [0.4, 0.5) is 10.1 Å². The van der Waals surface area contributed by atoms with Gasteiger partial charge in [-0.25, -0.2) is 13.9 Å². The van der Waals surface area contributed by atoms with Crippen molar-refractivity contribution in [2.75, 3.05) is 11.4 Å². The number of hydrogen-bond donors (Lipinski definition) is 0. The fourth-order valence-electron chi connectivity index (χ4n) is 4.91. The van der Waals surface area contributed by atoms with Gasteiger partial charge in [0.15, 0.2) is 11.5 Å². The molecule has 0 N–H and O–H groups in total. The zero-order valence-corrected chi connectivity index (χ0v) is 23.1. The minimum Gasteiger partial charge on any atom is -0.339 e. The Balaban J connectivity index is 1.34. The number of allylic oxidation sites excluding steroid dienone is 1. The summed E-state index contributed by atoms with van der Waals surface area (Å²) in [4.78, 5) is 24.1. The third kappa shape index (κ3) is 6.52. The first-order chi connectivity index (χ1) is 19.3. The number of carbonyl (C=O) groups excluding carboxylic acids is 1. The number of rotatable bonds is 13. The van der Waals surface area contributed by atoms with Crippen LogP contribution in [0.3, 0.4) is 0 Å². The second-order valence-corrected chi connectivity index (χ2v) is 10.6. The molecule has 0 radical (unpaired) electrons. The Morgan fingerprint density at radius 3 is 2.80 bits per heavy atom. The van der Waals surface area contributed by atoms with Gasteiger partial charge < -0.3 is 9.42 Å². The van der Waals surface area contributed by atoms with E-state index < -0.39 is 5.83 Å². The van der Waals surface area contributed by atoms with Crippen LogP contribution in [0.2, 0.25) is 0 Å². The third-order valence-electron chi connectivity index (χ3n) is 7.27. The van der Waals surface area contributed by atoms with Crippen LogP contribution >= 0.6 is 0 Å². The van der Waals surface area contributed by atoms with Gasteiger partial charge in [-0.1, -0.05) is 29.9 Å². The smallest absolute Gasteiger partial charge is 0.227 e.